The van der Waals surface area contributed by atoms with Crippen LogP contribution in [0.5, 0.6) is 0 Å². The van der Waals surface area contributed by atoms with Crippen molar-refractivity contribution in [3.8, 4) is 0 Å². The molecule has 0 aromatic heterocycles. The van der Waals surface area contributed by atoms with E-state index >= 15 is 0 Å². The molecule has 2 unspecified atom stereocenters. The summed E-state index contributed by atoms with van der Waals surface area (Å²) in [7, 11) is 1.79. The summed E-state index contributed by atoms with van der Waals surface area (Å²) >= 11 is 0. The SMILES string of the molecule is C=CC1CCCC1CCCCCCCOC. The minimum absolute atomic E-state index is 0.827. The zero-order chi connectivity index (χ0) is 11.6. The van der Waals surface area contributed by atoms with Gasteiger partial charge in [0, 0.05) is 13.7 Å². The fourth-order valence-electron chi connectivity index (χ4n) is 2.92. The van der Waals surface area contributed by atoms with Crippen LogP contribution < -0.4 is 0 Å². The third-order valence-corrected chi connectivity index (χ3v) is 3.94. The first kappa shape index (κ1) is 13.8. The van der Waals surface area contributed by atoms with Gasteiger partial charge in [-0.05, 0) is 37.5 Å². The van der Waals surface area contributed by atoms with Gasteiger partial charge in [0.25, 0.3) is 0 Å². The lowest BCUT2D eigenvalue weighted by Gasteiger charge is -2.15. The van der Waals surface area contributed by atoms with Gasteiger partial charge in [0.05, 0.1) is 0 Å². The average Bonchev–Trinajstić information content (AvgIpc) is 2.75. The van der Waals surface area contributed by atoms with Crippen molar-refractivity contribution >= 4 is 0 Å². The first-order valence-electron chi connectivity index (χ1n) is 7.00. The summed E-state index contributed by atoms with van der Waals surface area (Å²) in [5.41, 5.74) is 0. The summed E-state index contributed by atoms with van der Waals surface area (Å²) in [6.07, 6.45) is 14.7. The van der Waals surface area contributed by atoms with Crippen LogP contribution in [0.1, 0.15) is 57.8 Å². The number of methoxy groups -OCH3 is 1. The maximum atomic E-state index is 5.05. The summed E-state index contributed by atoms with van der Waals surface area (Å²) in [5, 5.41) is 0. The summed E-state index contributed by atoms with van der Waals surface area (Å²) in [6, 6.07) is 0. The van der Waals surface area contributed by atoms with Crippen LogP contribution in [0.25, 0.3) is 0 Å². The molecule has 1 heteroatoms. The fraction of sp³-hybridized carbons (Fsp3) is 0.867. The predicted molar refractivity (Wildman–Crippen MR) is 70.6 cm³/mol. The van der Waals surface area contributed by atoms with E-state index in [9.17, 15) is 0 Å². The molecule has 16 heavy (non-hydrogen) atoms. The zero-order valence-electron chi connectivity index (χ0n) is 10.9. The van der Waals surface area contributed by atoms with Gasteiger partial charge in [-0.1, -0.05) is 38.2 Å². The van der Waals surface area contributed by atoms with Crippen molar-refractivity contribution in [1.29, 1.82) is 0 Å². The Hall–Kier alpha value is -0.300. The number of unbranched alkanes of at least 4 members (excludes halogenated alkanes) is 4. The van der Waals surface area contributed by atoms with E-state index < -0.39 is 0 Å². The molecule has 0 aliphatic heterocycles. The van der Waals surface area contributed by atoms with E-state index in [-0.39, 0.29) is 0 Å². The predicted octanol–water partition coefficient (Wildman–Crippen LogP) is 4.58. The van der Waals surface area contributed by atoms with E-state index in [0.29, 0.717) is 0 Å². The lowest BCUT2D eigenvalue weighted by molar-refractivity contribution is 0.192. The summed E-state index contributed by atoms with van der Waals surface area (Å²) in [6.45, 7) is 4.89. The Kier molecular flexibility index (Phi) is 7.58. The van der Waals surface area contributed by atoms with Crippen LogP contribution >= 0.6 is 0 Å². The van der Waals surface area contributed by atoms with Crippen LogP contribution in [0, 0.1) is 11.8 Å². The van der Waals surface area contributed by atoms with Gasteiger partial charge in [-0.3, -0.25) is 0 Å². The maximum absolute atomic E-state index is 5.05. The van der Waals surface area contributed by atoms with Gasteiger partial charge in [-0.25, -0.2) is 0 Å². The fourth-order valence-corrected chi connectivity index (χ4v) is 2.92. The van der Waals surface area contributed by atoms with Gasteiger partial charge >= 0.3 is 0 Å². The standard InChI is InChI=1S/C15H28O/c1-3-14-11-9-12-15(14)10-7-5-4-6-8-13-16-2/h3,14-15H,1,4-13H2,2H3. The lowest BCUT2D eigenvalue weighted by Crippen LogP contribution is -2.04. The van der Waals surface area contributed by atoms with Gasteiger partial charge in [-0.2, -0.15) is 0 Å². The molecule has 1 aliphatic carbocycles. The van der Waals surface area contributed by atoms with Crippen LogP contribution in [0.3, 0.4) is 0 Å². The minimum Gasteiger partial charge on any atom is -0.385 e. The molecule has 1 aliphatic rings. The molecule has 0 aromatic rings. The molecule has 0 bridgehead atoms. The Morgan fingerprint density at radius 1 is 1.12 bits per heavy atom. The largest absolute Gasteiger partial charge is 0.385 e. The monoisotopic (exact) mass is 224 g/mol. The van der Waals surface area contributed by atoms with Crippen LogP contribution in [-0.4, -0.2) is 13.7 Å². The van der Waals surface area contributed by atoms with Crippen molar-refractivity contribution < 1.29 is 4.74 Å². The minimum atomic E-state index is 0.827. The highest BCUT2D eigenvalue weighted by Gasteiger charge is 2.23. The molecule has 1 saturated carbocycles. The van der Waals surface area contributed by atoms with E-state index in [4.69, 9.17) is 4.74 Å². The topological polar surface area (TPSA) is 9.23 Å². The van der Waals surface area contributed by atoms with Crippen LogP contribution in [0.15, 0.2) is 12.7 Å². The molecule has 0 heterocycles. The quantitative estimate of drug-likeness (QED) is 0.411. The zero-order valence-corrected chi connectivity index (χ0v) is 10.9. The van der Waals surface area contributed by atoms with Crippen LogP contribution in [0.2, 0.25) is 0 Å². The van der Waals surface area contributed by atoms with Gasteiger partial charge in [0.2, 0.25) is 0 Å². The molecule has 0 amide bonds. The van der Waals surface area contributed by atoms with E-state index in [0.717, 1.165) is 18.4 Å². The molecule has 94 valence electrons. The number of hydrogen-bond acceptors (Lipinski definition) is 1. The Balaban J connectivity index is 1.92. The van der Waals surface area contributed by atoms with Crippen molar-refractivity contribution in [1.82, 2.24) is 0 Å². The number of allylic oxidation sites excluding steroid dienone is 1. The molecule has 0 aromatic carbocycles. The van der Waals surface area contributed by atoms with E-state index in [1.807, 2.05) is 0 Å². The summed E-state index contributed by atoms with van der Waals surface area (Å²) in [4.78, 5) is 0. The highest BCUT2D eigenvalue weighted by atomic mass is 16.5. The van der Waals surface area contributed by atoms with Gasteiger partial charge in [0.15, 0.2) is 0 Å². The van der Waals surface area contributed by atoms with Crippen molar-refractivity contribution in [2.24, 2.45) is 11.8 Å². The maximum Gasteiger partial charge on any atom is 0.0462 e. The number of hydrogen-bond donors (Lipinski definition) is 0. The first-order valence-corrected chi connectivity index (χ1v) is 7.00. The summed E-state index contributed by atoms with van der Waals surface area (Å²) < 4.78 is 5.05. The second kappa shape index (κ2) is 8.81. The van der Waals surface area contributed by atoms with E-state index in [2.05, 4.69) is 12.7 Å². The molecule has 1 rings (SSSR count). The third-order valence-electron chi connectivity index (χ3n) is 3.94. The molecule has 0 saturated heterocycles. The second-order valence-corrected chi connectivity index (χ2v) is 5.14. The smallest absolute Gasteiger partial charge is 0.0462 e. The number of ether oxygens (including phenoxy) is 1. The van der Waals surface area contributed by atoms with Gasteiger partial charge in [-0.15, -0.1) is 6.58 Å². The molecule has 0 spiro atoms. The number of rotatable bonds is 9. The van der Waals surface area contributed by atoms with Gasteiger partial charge in [0.1, 0.15) is 0 Å². The normalized spacial score (nSPS) is 24.8. The molecular weight excluding hydrogens is 196 g/mol. The van der Waals surface area contributed by atoms with E-state index in [1.54, 1.807) is 7.11 Å². The summed E-state index contributed by atoms with van der Waals surface area (Å²) in [5.74, 6) is 1.78. The van der Waals surface area contributed by atoms with Crippen molar-refractivity contribution in [2.75, 3.05) is 13.7 Å². The van der Waals surface area contributed by atoms with Crippen molar-refractivity contribution in [3.63, 3.8) is 0 Å². The lowest BCUT2D eigenvalue weighted by atomic mass is 9.91. The average molecular weight is 224 g/mol. The van der Waals surface area contributed by atoms with Crippen molar-refractivity contribution in [3.05, 3.63) is 12.7 Å². The second-order valence-electron chi connectivity index (χ2n) is 5.14. The molecule has 0 N–H and O–H groups in total. The van der Waals surface area contributed by atoms with Crippen molar-refractivity contribution in [2.45, 2.75) is 57.8 Å². The molecule has 1 nitrogen and oxygen atoms in total. The van der Waals surface area contributed by atoms with E-state index in [1.165, 1.54) is 57.8 Å². The Bertz CT molecular complexity index is 176. The molecular formula is C15H28O. The highest BCUT2D eigenvalue weighted by molar-refractivity contribution is 4.89. The molecule has 1 fully saturated rings. The van der Waals surface area contributed by atoms with Crippen LogP contribution in [0.4, 0.5) is 0 Å². The highest BCUT2D eigenvalue weighted by Crippen LogP contribution is 2.35. The molecule has 0 radical (unpaired) electrons. The van der Waals surface area contributed by atoms with Crippen LogP contribution in [-0.2, 0) is 4.74 Å². The Morgan fingerprint density at radius 2 is 1.88 bits per heavy atom. The first-order chi connectivity index (χ1) is 7.88. The Morgan fingerprint density at radius 3 is 2.62 bits per heavy atom. The Labute approximate surface area is 101 Å². The molecule has 2 atom stereocenters. The third kappa shape index (κ3) is 5.16. The van der Waals surface area contributed by atoms with Gasteiger partial charge < -0.3 is 4.74 Å².